The van der Waals surface area contributed by atoms with Gasteiger partial charge in [0.1, 0.15) is 18.6 Å². The molecule has 0 spiro atoms. The second-order valence-electron chi connectivity index (χ2n) is 5.99. The Morgan fingerprint density at radius 2 is 1.81 bits per heavy atom. The van der Waals surface area contributed by atoms with Crippen LogP contribution >= 0.6 is 0 Å². The lowest BCUT2D eigenvalue weighted by Crippen LogP contribution is -2.40. The number of likely N-dealkylation sites (N-methyl/N-ethyl adjacent to an activating group) is 1. The van der Waals surface area contributed by atoms with Gasteiger partial charge in [-0.25, -0.2) is 4.98 Å². The van der Waals surface area contributed by atoms with Crippen molar-refractivity contribution in [1.29, 1.82) is 0 Å². The van der Waals surface area contributed by atoms with Crippen molar-refractivity contribution in [3.63, 3.8) is 0 Å². The number of para-hydroxylation sites is 1. The summed E-state index contributed by atoms with van der Waals surface area (Å²) in [5.41, 5.74) is 1.78. The van der Waals surface area contributed by atoms with Gasteiger partial charge in [-0.1, -0.05) is 36.4 Å². The molecule has 0 aliphatic carbocycles. The van der Waals surface area contributed by atoms with Gasteiger partial charge in [-0.05, 0) is 24.3 Å². The Bertz CT molecular complexity index is 847. The Hall–Kier alpha value is -3.28. The fourth-order valence-electron chi connectivity index (χ4n) is 2.58. The van der Waals surface area contributed by atoms with Crippen molar-refractivity contribution >= 4 is 5.96 Å². The summed E-state index contributed by atoms with van der Waals surface area (Å²) in [5.74, 6) is 2.26. The van der Waals surface area contributed by atoms with Crippen molar-refractivity contribution < 1.29 is 9.15 Å². The van der Waals surface area contributed by atoms with Gasteiger partial charge in [-0.2, -0.15) is 0 Å². The fourth-order valence-corrected chi connectivity index (χ4v) is 2.58. The zero-order chi connectivity index (χ0) is 18.9. The van der Waals surface area contributed by atoms with Crippen LogP contribution in [-0.4, -0.2) is 43.1 Å². The van der Waals surface area contributed by atoms with E-state index in [-0.39, 0.29) is 0 Å². The molecule has 0 unspecified atom stereocenters. The van der Waals surface area contributed by atoms with Crippen LogP contribution in [0.25, 0.3) is 11.5 Å². The third kappa shape index (κ3) is 5.34. The first-order valence-electron chi connectivity index (χ1n) is 8.85. The summed E-state index contributed by atoms with van der Waals surface area (Å²) in [4.78, 5) is 10.8. The van der Waals surface area contributed by atoms with Gasteiger partial charge in [-0.15, -0.1) is 0 Å². The Morgan fingerprint density at radius 1 is 1.11 bits per heavy atom. The molecule has 0 saturated carbocycles. The van der Waals surface area contributed by atoms with Crippen molar-refractivity contribution in [2.45, 2.75) is 6.54 Å². The average molecular weight is 364 g/mol. The second-order valence-corrected chi connectivity index (χ2v) is 5.99. The summed E-state index contributed by atoms with van der Waals surface area (Å²) in [5, 5.41) is 3.30. The van der Waals surface area contributed by atoms with E-state index in [9.17, 15) is 0 Å². The average Bonchev–Trinajstić information content (AvgIpc) is 3.19. The van der Waals surface area contributed by atoms with Crippen molar-refractivity contribution in [3.8, 4) is 17.2 Å². The summed E-state index contributed by atoms with van der Waals surface area (Å²) in [6.45, 7) is 1.82. The van der Waals surface area contributed by atoms with E-state index in [0.29, 0.717) is 25.6 Å². The summed E-state index contributed by atoms with van der Waals surface area (Å²) in [6.07, 6.45) is 1.67. The minimum atomic E-state index is 0.535. The summed E-state index contributed by atoms with van der Waals surface area (Å²) < 4.78 is 11.3. The summed E-state index contributed by atoms with van der Waals surface area (Å²) >= 11 is 0. The van der Waals surface area contributed by atoms with Crippen LogP contribution in [0.5, 0.6) is 5.75 Å². The number of benzene rings is 2. The molecule has 0 fully saturated rings. The van der Waals surface area contributed by atoms with Crippen LogP contribution in [0.1, 0.15) is 5.69 Å². The van der Waals surface area contributed by atoms with Gasteiger partial charge >= 0.3 is 0 Å². The van der Waals surface area contributed by atoms with Gasteiger partial charge in [0, 0.05) is 19.7 Å². The third-order valence-electron chi connectivity index (χ3n) is 4.01. The molecule has 1 N–H and O–H groups in total. The molecule has 0 amide bonds. The number of aliphatic imine (C=N–C) groups is 1. The number of oxazole rings is 1. The molecule has 140 valence electrons. The lowest BCUT2D eigenvalue weighted by Gasteiger charge is -2.21. The van der Waals surface area contributed by atoms with E-state index in [1.54, 1.807) is 13.3 Å². The lowest BCUT2D eigenvalue weighted by atomic mass is 10.2. The molecule has 1 heterocycles. The van der Waals surface area contributed by atoms with Gasteiger partial charge < -0.3 is 19.4 Å². The van der Waals surface area contributed by atoms with Crippen LogP contribution in [0.2, 0.25) is 0 Å². The minimum Gasteiger partial charge on any atom is -0.492 e. The van der Waals surface area contributed by atoms with Crippen LogP contribution in [0.4, 0.5) is 0 Å². The number of ether oxygens (including phenoxy) is 1. The van der Waals surface area contributed by atoms with Crippen LogP contribution in [0.3, 0.4) is 0 Å². The van der Waals surface area contributed by atoms with Crippen LogP contribution in [0, 0.1) is 0 Å². The predicted molar refractivity (Wildman–Crippen MR) is 107 cm³/mol. The molecule has 1 aromatic heterocycles. The largest absolute Gasteiger partial charge is 0.492 e. The molecule has 3 aromatic rings. The normalized spacial score (nSPS) is 11.3. The van der Waals surface area contributed by atoms with E-state index < -0.39 is 0 Å². The van der Waals surface area contributed by atoms with Crippen molar-refractivity contribution in [2.75, 3.05) is 27.2 Å². The quantitative estimate of drug-likeness (QED) is 0.514. The molecule has 3 rings (SSSR count). The molecule has 0 saturated heterocycles. The predicted octanol–water partition coefficient (Wildman–Crippen LogP) is 3.43. The number of hydrogen-bond acceptors (Lipinski definition) is 4. The minimum absolute atomic E-state index is 0.535. The standard InChI is InChI=1S/C21H24N4O2/c1-22-21(25(2)13-14-26-19-11-7-4-8-12-19)23-15-18-16-27-20(24-18)17-9-5-3-6-10-17/h3-12,16H,13-15H2,1-2H3,(H,22,23). The molecule has 6 nitrogen and oxygen atoms in total. The molecule has 0 radical (unpaired) electrons. The van der Waals surface area contributed by atoms with Gasteiger partial charge in [0.2, 0.25) is 5.89 Å². The molecule has 27 heavy (non-hydrogen) atoms. The molecule has 0 atom stereocenters. The van der Waals surface area contributed by atoms with Gasteiger partial charge in [0.15, 0.2) is 5.96 Å². The van der Waals surface area contributed by atoms with E-state index in [1.807, 2.05) is 72.6 Å². The number of nitrogens with zero attached hydrogens (tertiary/aromatic N) is 3. The summed E-state index contributed by atoms with van der Waals surface area (Å²) in [6, 6.07) is 19.6. The van der Waals surface area contributed by atoms with E-state index in [2.05, 4.69) is 15.3 Å². The van der Waals surface area contributed by atoms with Gasteiger partial charge in [0.05, 0.1) is 18.8 Å². The maximum absolute atomic E-state index is 5.73. The molecular formula is C21H24N4O2. The molecule has 2 aromatic carbocycles. The summed E-state index contributed by atoms with van der Waals surface area (Å²) in [7, 11) is 3.73. The van der Waals surface area contributed by atoms with E-state index in [4.69, 9.17) is 9.15 Å². The Balaban J connectivity index is 1.48. The highest BCUT2D eigenvalue weighted by Gasteiger charge is 2.09. The molecule has 0 aliphatic heterocycles. The number of aromatic nitrogens is 1. The van der Waals surface area contributed by atoms with Gasteiger partial charge in [-0.3, -0.25) is 4.99 Å². The fraction of sp³-hybridized carbons (Fsp3) is 0.238. The Morgan fingerprint density at radius 3 is 2.52 bits per heavy atom. The van der Waals surface area contributed by atoms with Crippen molar-refractivity contribution in [1.82, 2.24) is 15.2 Å². The first kappa shape index (κ1) is 18.5. The lowest BCUT2D eigenvalue weighted by molar-refractivity contribution is 0.281. The third-order valence-corrected chi connectivity index (χ3v) is 4.01. The van der Waals surface area contributed by atoms with E-state index >= 15 is 0 Å². The smallest absolute Gasteiger partial charge is 0.226 e. The van der Waals surface area contributed by atoms with Crippen LogP contribution < -0.4 is 10.1 Å². The van der Waals surface area contributed by atoms with Crippen molar-refractivity contribution in [2.24, 2.45) is 4.99 Å². The van der Waals surface area contributed by atoms with E-state index in [0.717, 1.165) is 23.0 Å². The van der Waals surface area contributed by atoms with Gasteiger partial charge in [0.25, 0.3) is 0 Å². The SMILES string of the molecule is CN=C(NCc1coc(-c2ccccc2)n1)N(C)CCOc1ccccc1. The monoisotopic (exact) mass is 364 g/mol. The number of nitrogens with one attached hydrogen (secondary N) is 1. The number of hydrogen-bond donors (Lipinski definition) is 1. The van der Waals surface area contributed by atoms with Crippen LogP contribution in [0.15, 0.2) is 76.3 Å². The Kier molecular flexibility index (Phi) is 6.46. The first-order chi connectivity index (χ1) is 13.3. The zero-order valence-electron chi connectivity index (χ0n) is 15.6. The van der Waals surface area contributed by atoms with Crippen molar-refractivity contribution in [3.05, 3.63) is 72.6 Å². The highest BCUT2D eigenvalue weighted by atomic mass is 16.5. The highest BCUT2D eigenvalue weighted by Crippen LogP contribution is 2.17. The highest BCUT2D eigenvalue weighted by molar-refractivity contribution is 5.79. The zero-order valence-corrected chi connectivity index (χ0v) is 15.6. The van der Waals surface area contributed by atoms with E-state index in [1.165, 1.54) is 0 Å². The first-order valence-corrected chi connectivity index (χ1v) is 8.85. The molecular weight excluding hydrogens is 340 g/mol. The number of guanidine groups is 1. The molecule has 0 bridgehead atoms. The maximum Gasteiger partial charge on any atom is 0.226 e. The Labute approximate surface area is 159 Å². The maximum atomic E-state index is 5.73. The topological polar surface area (TPSA) is 62.9 Å². The van der Waals surface area contributed by atoms with Crippen LogP contribution in [-0.2, 0) is 6.54 Å². The number of rotatable bonds is 7. The molecule has 6 heteroatoms. The second kappa shape index (κ2) is 9.43. The molecule has 0 aliphatic rings.